The highest BCUT2D eigenvalue weighted by atomic mass is 79.9. The monoisotopic (exact) mass is 387 g/mol. The Morgan fingerprint density at radius 3 is 2.37 bits per heavy atom. The minimum Gasteiger partial charge on any atom is -0.350 e. The second-order valence-electron chi connectivity index (χ2n) is 5.33. The molecule has 0 spiro atoms. The van der Waals surface area contributed by atoms with Crippen molar-refractivity contribution in [3.63, 3.8) is 0 Å². The SMILES string of the molecule is O=C(Cc1ccc(Br)cc1)NC1(CBr)CCCCC1. The molecule has 0 heterocycles. The summed E-state index contributed by atoms with van der Waals surface area (Å²) >= 11 is 6.97. The van der Waals surface area contributed by atoms with Crippen LogP contribution in [0.2, 0.25) is 0 Å². The quantitative estimate of drug-likeness (QED) is 0.769. The predicted molar refractivity (Wildman–Crippen MR) is 85.6 cm³/mol. The molecule has 0 unspecified atom stereocenters. The first-order valence-corrected chi connectivity index (χ1v) is 8.66. The average Bonchev–Trinajstić information content (AvgIpc) is 2.42. The second kappa shape index (κ2) is 6.89. The zero-order valence-electron chi connectivity index (χ0n) is 10.9. The van der Waals surface area contributed by atoms with Crippen LogP contribution in [0.4, 0.5) is 0 Å². The molecule has 1 N–H and O–H groups in total. The van der Waals surface area contributed by atoms with Gasteiger partial charge in [-0.15, -0.1) is 0 Å². The highest BCUT2D eigenvalue weighted by Gasteiger charge is 2.32. The number of benzene rings is 1. The van der Waals surface area contributed by atoms with Crippen molar-refractivity contribution in [3.8, 4) is 0 Å². The van der Waals surface area contributed by atoms with Crippen LogP contribution in [0.15, 0.2) is 28.7 Å². The fourth-order valence-corrected chi connectivity index (χ4v) is 3.61. The number of rotatable bonds is 4. The van der Waals surface area contributed by atoms with Crippen molar-refractivity contribution in [2.75, 3.05) is 5.33 Å². The third-order valence-corrected chi connectivity index (χ3v) is 5.35. The van der Waals surface area contributed by atoms with Crippen molar-refractivity contribution >= 4 is 37.8 Å². The number of amides is 1. The molecule has 1 aromatic rings. The van der Waals surface area contributed by atoms with Crippen molar-refractivity contribution in [2.24, 2.45) is 0 Å². The van der Waals surface area contributed by atoms with Gasteiger partial charge in [0.25, 0.3) is 0 Å². The number of alkyl halides is 1. The Morgan fingerprint density at radius 2 is 1.79 bits per heavy atom. The van der Waals surface area contributed by atoms with E-state index < -0.39 is 0 Å². The van der Waals surface area contributed by atoms with E-state index in [4.69, 9.17) is 0 Å². The number of hydrogen-bond donors (Lipinski definition) is 1. The summed E-state index contributed by atoms with van der Waals surface area (Å²) in [6.45, 7) is 0. The maximum Gasteiger partial charge on any atom is 0.224 e. The Morgan fingerprint density at radius 1 is 1.16 bits per heavy atom. The molecule has 0 atom stereocenters. The molecular weight excluding hydrogens is 370 g/mol. The summed E-state index contributed by atoms with van der Waals surface area (Å²) in [5.41, 5.74) is 1.03. The third kappa shape index (κ3) is 4.32. The summed E-state index contributed by atoms with van der Waals surface area (Å²) in [5, 5.41) is 4.10. The molecule has 1 aliphatic rings. The van der Waals surface area contributed by atoms with Gasteiger partial charge >= 0.3 is 0 Å². The van der Waals surface area contributed by atoms with Crippen molar-refractivity contribution in [3.05, 3.63) is 34.3 Å². The molecular formula is C15H19Br2NO. The van der Waals surface area contributed by atoms with Crippen LogP contribution in [0.5, 0.6) is 0 Å². The molecule has 1 saturated carbocycles. The second-order valence-corrected chi connectivity index (χ2v) is 6.80. The first-order valence-electron chi connectivity index (χ1n) is 6.75. The van der Waals surface area contributed by atoms with E-state index in [9.17, 15) is 4.79 Å². The summed E-state index contributed by atoms with van der Waals surface area (Å²) in [5.74, 6) is 0.128. The lowest BCUT2D eigenvalue weighted by atomic mass is 9.83. The molecule has 104 valence electrons. The van der Waals surface area contributed by atoms with Gasteiger partial charge in [0.2, 0.25) is 5.91 Å². The molecule has 1 fully saturated rings. The van der Waals surface area contributed by atoms with Crippen LogP contribution in [0.3, 0.4) is 0 Å². The van der Waals surface area contributed by atoms with Crippen molar-refractivity contribution < 1.29 is 4.79 Å². The fraction of sp³-hybridized carbons (Fsp3) is 0.533. The summed E-state index contributed by atoms with van der Waals surface area (Å²) in [4.78, 5) is 12.2. The fourth-order valence-electron chi connectivity index (χ4n) is 2.65. The lowest BCUT2D eigenvalue weighted by Crippen LogP contribution is -2.51. The van der Waals surface area contributed by atoms with Crippen LogP contribution in [0, 0.1) is 0 Å². The van der Waals surface area contributed by atoms with Gasteiger partial charge in [-0.3, -0.25) is 4.79 Å². The van der Waals surface area contributed by atoms with Gasteiger partial charge in [0.1, 0.15) is 0 Å². The third-order valence-electron chi connectivity index (χ3n) is 3.75. The summed E-state index contributed by atoms with van der Waals surface area (Å²) in [6, 6.07) is 7.93. The van der Waals surface area contributed by atoms with E-state index in [1.54, 1.807) is 0 Å². The molecule has 1 aliphatic carbocycles. The molecule has 1 amide bonds. The molecule has 4 heteroatoms. The van der Waals surface area contributed by atoms with E-state index in [-0.39, 0.29) is 11.4 Å². The Balaban J connectivity index is 1.94. The van der Waals surface area contributed by atoms with Gasteiger partial charge in [-0.2, -0.15) is 0 Å². The van der Waals surface area contributed by atoms with Gasteiger partial charge in [-0.05, 0) is 30.5 Å². The van der Waals surface area contributed by atoms with E-state index in [1.165, 1.54) is 19.3 Å². The number of carbonyl (C=O) groups is 1. The van der Waals surface area contributed by atoms with Crippen LogP contribution in [0.1, 0.15) is 37.7 Å². The van der Waals surface area contributed by atoms with E-state index in [1.807, 2.05) is 24.3 Å². The maximum atomic E-state index is 12.2. The lowest BCUT2D eigenvalue weighted by Gasteiger charge is -2.36. The number of nitrogens with one attached hydrogen (secondary N) is 1. The van der Waals surface area contributed by atoms with Gasteiger partial charge < -0.3 is 5.32 Å². The minimum atomic E-state index is -0.0231. The van der Waals surface area contributed by atoms with Crippen LogP contribution >= 0.6 is 31.9 Å². The van der Waals surface area contributed by atoms with E-state index in [0.717, 1.165) is 28.2 Å². The van der Waals surface area contributed by atoms with Crippen LogP contribution in [0.25, 0.3) is 0 Å². The smallest absolute Gasteiger partial charge is 0.224 e. The Hall–Kier alpha value is -0.350. The topological polar surface area (TPSA) is 29.1 Å². The molecule has 0 radical (unpaired) electrons. The van der Waals surface area contributed by atoms with Crippen LogP contribution in [-0.2, 0) is 11.2 Å². The van der Waals surface area contributed by atoms with Gasteiger partial charge in [0.05, 0.1) is 6.42 Å². The molecule has 1 aromatic carbocycles. The molecule has 0 aliphatic heterocycles. The predicted octanol–water partition coefficient (Wildman–Crippen LogP) is 4.21. The zero-order chi connectivity index (χ0) is 13.7. The Bertz CT molecular complexity index is 424. The zero-order valence-corrected chi connectivity index (χ0v) is 14.1. The van der Waals surface area contributed by atoms with Crippen molar-refractivity contribution in [1.29, 1.82) is 0 Å². The van der Waals surface area contributed by atoms with Gasteiger partial charge in [-0.25, -0.2) is 0 Å². The Kier molecular flexibility index (Phi) is 5.46. The largest absolute Gasteiger partial charge is 0.350 e. The normalized spacial score (nSPS) is 18.0. The van der Waals surface area contributed by atoms with Crippen molar-refractivity contribution in [2.45, 2.75) is 44.1 Å². The van der Waals surface area contributed by atoms with Crippen LogP contribution in [-0.4, -0.2) is 16.8 Å². The summed E-state index contributed by atoms with van der Waals surface area (Å²) in [7, 11) is 0. The first-order chi connectivity index (χ1) is 9.13. The first kappa shape index (κ1) is 15.0. The number of carbonyl (C=O) groups excluding carboxylic acids is 1. The summed E-state index contributed by atoms with van der Waals surface area (Å²) < 4.78 is 1.04. The molecule has 2 rings (SSSR count). The van der Waals surface area contributed by atoms with Gasteiger partial charge in [0.15, 0.2) is 0 Å². The Labute approximate surface area is 131 Å². The maximum absolute atomic E-state index is 12.2. The highest BCUT2D eigenvalue weighted by molar-refractivity contribution is 9.10. The standard InChI is InChI=1S/C15H19Br2NO/c16-11-15(8-2-1-3-9-15)18-14(19)10-12-4-6-13(17)7-5-12/h4-7H,1-3,8-11H2,(H,18,19). The molecule has 0 saturated heterocycles. The average molecular weight is 389 g/mol. The minimum absolute atomic E-state index is 0.0231. The highest BCUT2D eigenvalue weighted by Crippen LogP contribution is 2.29. The molecule has 0 aromatic heterocycles. The van der Waals surface area contributed by atoms with Crippen LogP contribution < -0.4 is 5.32 Å². The number of hydrogen-bond acceptors (Lipinski definition) is 1. The van der Waals surface area contributed by atoms with E-state index in [0.29, 0.717) is 6.42 Å². The lowest BCUT2D eigenvalue weighted by molar-refractivity contribution is -0.122. The van der Waals surface area contributed by atoms with Gasteiger partial charge in [0, 0.05) is 15.3 Å². The van der Waals surface area contributed by atoms with Crippen molar-refractivity contribution in [1.82, 2.24) is 5.32 Å². The van der Waals surface area contributed by atoms with E-state index >= 15 is 0 Å². The number of halogens is 2. The van der Waals surface area contributed by atoms with Gasteiger partial charge in [-0.1, -0.05) is 63.3 Å². The molecule has 0 bridgehead atoms. The van der Waals surface area contributed by atoms with E-state index in [2.05, 4.69) is 37.2 Å². The molecule has 2 nitrogen and oxygen atoms in total. The summed E-state index contributed by atoms with van der Waals surface area (Å²) in [6.07, 6.45) is 6.35. The molecule has 19 heavy (non-hydrogen) atoms.